The molecule has 5 atom stereocenters. The van der Waals surface area contributed by atoms with Gasteiger partial charge in [-0.2, -0.15) is 0 Å². The van der Waals surface area contributed by atoms with Crippen LogP contribution in [0.2, 0.25) is 0 Å². The van der Waals surface area contributed by atoms with Crippen LogP contribution in [0.15, 0.2) is 122 Å². The van der Waals surface area contributed by atoms with Crippen molar-refractivity contribution in [3.8, 4) is 0 Å². The van der Waals surface area contributed by atoms with Crippen LogP contribution in [-0.4, -0.2) is 96.7 Å². The second-order valence-corrected chi connectivity index (χ2v) is 29.8. The summed E-state index contributed by atoms with van der Waals surface area (Å²) in [4.78, 5) is 73.1. The smallest absolute Gasteiger partial charge is 0.462 e. The average molecular weight is 1500 g/mol. The van der Waals surface area contributed by atoms with E-state index < -0.39 is 97.5 Å². The van der Waals surface area contributed by atoms with Gasteiger partial charge in [-0.3, -0.25) is 37.3 Å². The summed E-state index contributed by atoms with van der Waals surface area (Å²) in [5.41, 5.74) is 0. The molecule has 0 saturated carbocycles. The van der Waals surface area contributed by atoms with Crippen LogP contribution in [-0.2, 0) is 65.4 Å². The molecule has 0 aromatic rings. The third kappa shape index (κ3) is 75.7. The Labute approximate surface area is 632 Å². The van der Waals surface area contributed by atoms with Gasteiger partial charge in [0.05, 0.1) is 26.4 Å². The fourth-order valence-corrected chi connectivity index (χ4v) is 12.3. The number of phosphoric ester groups is 2. The van der Waals surface area contributed by atoms with Gasteiger partial charge in [0, 0.05) is 25.7 Å². The van der Waals surface area contributed by atoms with Crippen molar-refractivity contribution >= 4 is 39.5 Å². The summed E-state index contributed by atoms with van der Waals surface area (Å²) in [5, 5.41) is 10.6. The van der Waals surface area contributed by atoms with E-state index in [4.69, 9.17) is 37.0 Å². The third-order valence-electron chi connectivity index (χ3n) is 16.9. The molecule has 19 heteroatoms. The van der Waals surface area contributed by atoms with E-state index in [1.807, 2.05) is 0 Å². The van der Waals surface area contributed by atoms with Crippen molar-refractivity contribution in [2.45, 2.75) is 354 Å². The highest BCUT2D eigenvalue weighted by molar-refractivity contribution is 7.47. The van der Waals surface area contributed by atoms with Crippen molar-refractivity contribution < 1.29 is 80.2 Å². The van der Waals surface area contributed by atoms with Gasteiger partial charge in [-0.1, -0.05) is 284 Å². The summed E-state index contributed by atoms with van der Waals surface area (Å²) in [6.45, 7) is 4.57. The van der Waals surface area contributed by atoms with Crippen LogP contribution in [0.25, 0.3) is 0 Å². The minimum atomic E-state index is -4.99. The fraction of sp³-hybridized carbons (Fsp3) is 0.718. The van der Waals surface area contributed by atoms with Gasteiger partial charge in [0.25, 0.3) is 0 Å². The molecule has 0 amide bonds. The fourth-order valence-electron chi connectivity index (χ4n) is 10.7. The summed E-state index contributed by atoms with van der Waals surface area (Å²) >= 11 is 0. The number of esters is 4. The Morgan fingerprint density at radius 3 is 0.808 bits per heavy atom. The number of allylic oxidation sites excluding steroid dienone is 20. The van der Waals surface area contributed by atoms with Gasteiger partial charge in [0.1, 0.15) is 19.3 Å². The number of phosphoric acid groups is 2. The zero-order chi connectivity index (χ0) is 76.0. The van der Waals surface area contributed by atoms with Crippen molar-refractivity contribution in [2.75, 3.05) is 39.6 Å². The van der Waals surface area contributed by atoms with Gasteiger partial charge in [0.2, 0.25) is 0 Å². The molecule has 0 heterocycles. The number of hydrogen-bond acceptors (Lipinski definition) is 15. The zero-order valence-electron chi connectivity index (χ0n) is 65.4. The summed E-state index contributed by atoms with van der Waals surface area (Å²) in [7, 11) is -9.97. The van der Waals surface area contributed by atoms with Crippen molar-refractivity contribution in [3.05, 3.63) is 122 Å². The second kappa shape index (κ2) is 76.6. The quantitative estimate of drug-likeness (QED) is 0.0169. The van der Waals surface area contributed by atoms with E-state index in [1.165, 1.54) is 32.1 Å². The van der Waals surface area contributed by atoms with Crippen LogP contribution in [0.3, 0.4) is 0 Å². The molecule has 0 spiro atoms. The molecule has 0 aliphatic carbocycles. The van der Waals surface area contributed by atoms with Crippen LogP contribution < -0.4 is 0 Å². The molecule has 3 N–H and O–H groups in total. The Hall–Kier alpha value is -4.54. The van der Waals surface area contributed by atoms with Gasteiger partial charge in [0.15, 0.2) is 12.2 Å². The summed E-state index contributed by atoms with van der Waals surface area (Å²) < 4.78 is 68.6. The van der Waals surface area contributed by atoms with Gasteiger partial charge in [-0.15, -0.1) is 0 Å². The van der Waals surface area contributed by atoms with Crippen LogP contribution in [0.5, 0.6) is 0 Å². The largest absolute Gasteiger partial charge is 0.472 e. The predicted octanol–water partition coefficient (Wildman–Crippen LogP) is 23.9. The second-order valence-electron chi connectivity index (χ2n) is 26.9. The Kier molecular flexibility index (Phi) is 73.3. The van der Waals surface area contributed by atoms with Crippen LogP contribution in [0.1, 0.15) is 336 Å². The van der Waals surface area contributed by atoms with E-state index in [9.17, 15) is 43.2 Å². The summed E-state index contributed by atoms with van der Waals surface area (Å²) in [5.74, 6) is -2.21. The van der Waals surface area contributed by atoms with E-state index in [0.717, 1.165) is 225 Å². The molecule has 17 nitrogen and oxygen atoms in total. The van der Waals surface area contributed by atoms with Crippen molar-refractivity contribution in [2.24, 2.45) is 0 Å². The summed E-state index contributed by atoms with van der Waals surface area (Å²) in [6.07, 6.45) is 84.6. The molecule has 0 bridgehead atoms. The number of aliphatic hydroxyl groups excluding tert-OH is 1. The van der Waals surface area contributed by atoms with Crippen molar-refractivity contribution in [3.63, 3.8) is 0 Å². The zero-order valence-corrected chi connectivity index (χ0v) is 67.2. The third-order valence-corrected chi connectivity index (χ3v) is 18.8. The normalized spacial score (nSPS) is 14.5. The lowest BCUT2D eigenvalue weighted by atomic mass is 10.1. The van der Waals surface area contributed by atoms with Crippen molar-refractivity contribution in [1.29, 1.82) is 0 Å². The van der Waals surface area contributed by atoms with E-state index in [1.54, 1.807) is 0 Å². The molecule has 598 valence electrons. The molecular weight excluding hydrogens is 1350 g/mol. The topological polar surface area (TPSA) is 237 Å². The molecular formula is C85H146O17P2. The van der Waals surface area contributed by atoms with Crippen molar-refractivity contribution in [1.82, 2.24) is 0 Å². The van der Waals surface area contributed by atoms with E-state index in [2.05, 4.69) is 149 Å². The summed E-state index contributed by atoms with van der Waals surface area (Å²) in [6, 6.07) is 0. The van der Waals surface area contributed by atoms with E-state index >= 15 is 0 Å². The number of carbonyl (C=O) groups is 4. The number of hydrogen-bond donors (Lipinski definition) is 3. The first kappa shape index (κ1) is 99.5. The molecule has 0 saturated heterocycles. The maximum absolute atomic E-state index is 13.1. The highest BCUT2D eigenvalue weighted by Crippen LogP contribution is 2.45. The number of aliphatic hydroxyl groups is 1. The molecule has 0 radical (unpaired) electrons. The average Bonchev–Trinajstić information content (AvgIpc) is 0.906. The first-order valence-electron chi connectivity index (χ1n) is 40.8. The standard InChI is InChI=1S/C85H146O17P2/c1-5-9-13-17-21-25-29-32-35-38-39-42-44-47-51-54-58-62-66-70-83(88)96-76-81(102-85(90)72-68-64-60-56-52-48-45-41-37-34-31-27-23-19-15-11-7-3)78-100-104(93,94)98-74-79(86)73-97-103(91,92)99-77-80(101-84(89)71-67-63-59-55-49-28-24-20-16-12-8-4)75-95-82(87)69-65-61-57-53-50-46-43-40-36-33-30-26-22-18-14-10-6-2/h10-11,14-15,20-27,32-37,39,42,79-81,86H,5-9,12-13,16-19,28-31,38,40-41,43-78H2,1-4H3,(H,91,92)(H,93,94)/b14-10-,15-11-,24-20-,25-21-,26-22-,27-23-,35-32-,36-33-,37-34-,42-39-. The number of carbonyl (C=O) groups excluding carboxylic acids is 4. The van der Waals surface area contributed by atoms with Crippen LogP contribution in [0.4, 0.5) is 0 Å². The Morgan fingerprint density at radius 2 is 0.510 bits per heavy atom. The lowest BCUT2D eigenvalue weighted by Crippen LogP contribution is -2.30. The number of ether oxygens (including phenoxy) is 4. The maximum Gasteiger partial charge on any atom is 0.472 e. The maximum atomic E-state index is 13.1. The minimum Gasteiger partial charge on any atom is -0.462 e. The molecule has 0 aliphatic rings. The highest BCUT2D eigenvalue weighted by Gasteiger charge is 2.30. The molecule has 104 heavy (non-hydrogen) atoms. The molecule has 0 rings (SSSR count). The molecule has 5 unspecified atom stereocenters. The number of unbranched alkanes of at least 4 members (excludes halogenated alkanes) is 30. The molecule has 0 aromatic carbocycles. The lowest BCUT2D eigenvalue weighted by molar-refractivity contribution is -0.161. The van der Waals surface area contributed by atoms with E-state index in [0.29, 0.717) is 25.7 Å². The monoisotopic (exact) mass is 1500 g/mol. The van der Waals surface area contributed by atoms with E-state index in [-0.39, 0.29) is 25.7 Å². The Balaban J connectivity index is 5.35. The number of rotatable bonds is 76. The Bertz CT molecular complexity index is 2440. The van der Waals surface area contributed by atoms with Gasteiger partial charge in [-0.25, -0.2) is 9.13 Å². The first-order chi connectivity index (χ1) is 50.7. The SMILES string of the molecule is CC/C=C\C/C=C\C/C=C\CCCCCCCCCC(=O)OCC(COP(=O)(O)OCC(O)COP(=O)(O)OCC(COC(=O)CCCCCCCC/C=C\C/C=C\C/C=C\CCCCC)OC(=O)CCCCCCCCC/C=C\C/C=C\C/C=C\CC)OC(=O)CCCCCCC/C=C\CCCC. The van der Waals surface area contributed by atoms with Crippen LogP contribution in [0, 0.1) is 0 Å². The molecule has 0 aliphatic heterocycles. The Morgan fingerprint density at radius 1 is 0.279 bits per heavy atom. The minimum absolute atomic E-state index is 0.0789. The van der Waals surface area contributed by atoms with Gasteiger partial charge in [-0.05, 0) is 148 Å². The van der Waals surface area contributed by atoms with Gasteiger partial charge < -0.3 is 33.8 Å². The predicted molar refractivity (Wildman–Crippen MR) is 427 cm³/mol. The molecule has 0 aromatic heterocycles. The molecule has 0 fully saturated rings. The lowest BCUT2D eigenvalue weighted by Gasteiger charge is -2.21. The van der Waals surface area contributed by atoms with Gasteiger partial charge >= 0.3 is 39.5 Å². The van der Waals surface area contributed by atoms with Crippen LogP contribution >= 0.6 is 15.6 Å². The highest BCUT2D eigenvalue weighted by atomic mass is 31.2. The first-order valence-corrected chi connectivity index (χ1v) is 43.8.